The molecule has 1 saturated heterocycles. The molecule has 0 unspecified atom stereocenters. The third-order valence-corrected chi connectivity index (χ3v) is 3.14. The number of halogens is 1. The lowest BCUT2D eigenvalue weighted by molar-refractivity contribution is -0.138. The van der Waals surface area contributed by atoms with Crippen LogP contribution >= 0.6 is 22.6 Å². The van der Waals surface area contributed by atoms with Gasteiger partial charge in [0, 0.05) is 6.54 Å². The van der Waals surface area contributed by atoms with Gasteiger partial charge in [0.15, 0.2) is 0 Å². The summed E-state index contributed by atoms with van der Waals surface area (Å²) in [6, 6.07) is 0. The molecule has 0 radical (unpaired) electrons. The Kier molecular flexibility index (Phi) is 2.19. The maximum Gasteiger partial charge on any atom is 0.320 e. The fourth-order valence-electron chi connectivity index (χ4n) is 1.13. The molecule has 58 valence electrons. The summed E-state index contributed by atoms with van der Waals surface area (Å²) in [6.07, 6.45) is 0.763. The summed E-state index contributed by atoms with van der Waals surface area (Å²) in [5.41, 5.74) is 0. The summed E-state index contributed by atoms with van der Waals surface area (Å²) < 4.78 is -0.521. The second-order valence-electron chi connectivity index (χ2n) is 2.76. The molecule has 1 aliphatic heterocycles. The maximum atomic E-state index is 10.6. The molecule has 4 heteroatoms. The van der Waals surface area contributed by atoms with E-state index in [-0.39, 0.29) is 0 Å². The van der Waals surface area contributed by atoms with E-state index in [1.54, 1.807) is 0 Å². The molecule has 0 spiro atoms. The van der Waals surface area contributed by atoms with E-state index in [4.69, 9.17) is 5.11 Å². The summed E-state index contributed by atoms with van der Waals surface area (Å²) in [5, 5.41) is 8.76. The highest BCUT2D eigenvalue weighted by Crippen LogP contribution is 2.29. The van der Waals surface area contributed by atoms with E-state index in [1.807, 2.05) is 34.5 Å². The third kappa shape index (κ3) is 1.42. The van der Waals surface area contributed by atoms with Crippen molar-refractivity contribution in [3.8, 4) is 0 Å². The average Bonchev–Trinajstić information content (AvgIpc) is 2.13. The summed E-state index contributed by atoms with van der Waals surface area (Å²) in [4.78, 5) is 12.7. The quantitative estimate of drug-likeness (QED) is 0.550. The molecule has 1 N–H and O–H groups in total. The fraction of sp³-hybridized carbons (Fsp3) is 0.833. The predicted octanol–water partition coefficient (Wildman–Crippen LogP) is 0.580. The predicted molar refractivity (Wildman–Crippen MR) is 46.5 cm³/mol. The molecule has 0 aromatic heterocycles. The zero-order valence-electron chi connectivity index (χ0n) is 5.80. The number of rotatable bonds is 1. The van der Waals surface area contributed by atoms with Crippen molar-refractivity contribution in [2.45, 2.75) is 9.84 Å². The Labute approximate surface area is 73.5 Å². The molecule has 3 nitrogen and oxygen atoms in total. The van der Waals surface area contributed by atoms with Crippen LogP contribution in [0.25, 0.3) is 0 Å². The molecular formula is C6H10INO2. The van der Waals surface area contributed by atoms with Crippen molar-refractivity contribution >= 4 is 28.6 Å². The van der Waals surface area contributed by atoms with E-state index in [0.29, 0.717) is 6.54 Å². The van der Waals surface area contributed by atoms with Gasteiger partial charge in [-0.25, -0.2) is 0 Å². The van der Waals surface area contributed by atoms with Crippen LogP contribution in [-0.2, 0) is 4.79 Å². The summed E-state index contributed by atoms with van der Waals surface area (Å²) in [7, 11) is 1.95. The smallest absolute Gasteiger partial charge is 0.320 e. The Morgan fingerprint density at radius 3 is 2.60 bits per heavy atom. The third-order valence-electron chi connectivity index (χ3n) is 1.79. The zero-order chi connectivity index (χ0) is 7.78. The number of carboxylic acid groups (broad SMARTS) is 1. The number of alkyl halides is 1. The largest absolute Gasteiger partial charge is 0.480 e. The van der Waals surface area contributed by atoms with Crippen LogP contribution in [0.1, 0.15) is 6.42 Å². The van der Waals surface area contributed by atoms with Crippen LogP contribution in [-0.4, -0.2) is 39.5 Å². The van der Waals surface area contributed by atoms with Gasteiger partial charge in [-0.05, 0) is 20.0 Å². The minimum absolute atomic E-state index is 0.521. The first-order chi connectivity index (χ1) is 4.54. The van der Waals surface area contributed by atoms with Gasteiger partial charge in [0.25, 0.3) is 0 Å². The number of hydrogen-bond acceptors (Lipinski definition) is 2. The lowest BCUT2D eigenvalue weighted by Gasteiger charge is -2.14. The van der Waals surface area contributed by atoms with Gasteiger partial charge in [0.05, 0.1) is 0 Å². The molecule has 0 amide bonds. The molecule has 0 aliphatic carbocycles. The van der Waals surface area contributed by atoms with Gasteiger partial charge in [0.1, 0.15) is 3.42 Å². The van der Waals surface area contributed by atoms with E-state index in [2.05, 4.69) is 0 Å². The lowest BCUT2D eigenvalue weighted by Crippen LogP contribution is -2.34. The van der Waals surface area contributed by atoms with E-state index in [9.17, 15) is 4.79 Å². The molecule has 1 fully saturated rings. The van der Waals surface area contributed by atoms with E-state index < -0.39 is 9.39 Å². The number of nitrogens with zero attached hydrogens (tertiary/aromatic N) is 1. The Bertz CT molecular complexity index is 162. The van der Waals surface area contributed by atoms with Gasteiger partial charge >= 0.3 is 5.97 Å². The molecule has 1 atom stereocenters. The molecule has 1 rings (SSSR count). The van der Waals surface area contributed by atoms with Crippen molar-refractivity contribution in [1.29, 1.82) is 0 Å². The molecule has 10 heavy (non-hydrogen) atoms. The van der Waals surface area contributed by atoms with Gasteiger partial charge < -0.3 is 10.0 Å². The van der Waals surface area contributed by atoms with Crippen LogP contribution in [0.4, 0.5) is 0 Å². The minimum Gasteiger partial charge on any atom is -0.480 e. The van der Waals surface area contributed by atoms with Gasteiger partial charge in [-0.3, -0.25) is 4.79 Å². The summed E-state index contributed by atoms with van der Waals surface area (Å²) >= 11 is 2.03. The summed E-state index contributed by atoms with van der Waals surface area (Å²) in [6.45, 7) is 1.57. The molecule has 1 aliphatic rings. The molecule has 0 aromatic carbocycles. The first-order valence-corrected chi connectivity index (χ1v) is 4.23. The fourth-order valence-corrected chi connectivity index (χ4v) is 1.95. The number of likely N-dealkylation sites (tertiary alicyclic amines) is 1. The number of carboxylic acids is 1. The number of aliphatic carboxylic acids is 1. The van der Waals surface area contributed by atoms with Gasteiger partial charge in [0.2, 0.25) is 0 Å². The van der Waals surface area contributed by atoms with Crippen molar-refractivity contribution in [3.05, 3.63) is 0 Å². The van der Waals surface area contributed by atoms with Crippen LogP contribution in [0, 0.1) is 0 Å². The van der Waals surface area contributed by atoms with E-state index in [0.717, 1.165) is 13.0 Å². The van der Waals surface area contributed by atoms with Crippen molar-refractivity contribution in [3.63, 3.8) is 0 Å². The minimum atomic E-state index is -0.683. The highest BCUT2D eigenvalue weighted by Gasteiger charge is 2.40. The molecule has 1 heterocycles. The van der Waals surface area contributed by atoms with Crippen LogP contribution < -0.4 is 0 Å². The van der Waals surface area contributed by atoms with Crippen LogP contribution in [0.5, 0.6) is 0 Å². The second kappa shape index (κ2) is 2.65. The first-order valence-electron chi connectivity index (χ1n) is 3.15. The highest BCUT2D eigenvalue weighted by atomic mass is 127. The Morgan fingerprint density at radius 1 is 1.80 bits per heavy atom. The Balaban J connectivity index is 2.63. The van der Waals surface area contributed by atoms with Crippen molar-refractivity contribution in [1.82, 2.24) is 4.90 Å². The molecular weight excluding hydrogens is 245 g/mol. The number of hydrogen-bond donors (Lipinski definition) is 1. The zero-order valence-corrected chi connectivity index (χ0v) is 7.96. The van der Waals surface area contributed by atoms with Crippen molar-refractivity contribution < 1.29 is 9.90 Å². The molecule has 0 saturated carbocycles. The van der Waals surface area contributed by atoms with Gasteiger partial charge in [-0.15, -0.1) is 0 Å². The molecule has 0 aromatic rings. The van der Waals surface area contributed by atoms with Crippen molar-refractivity contribution in [2.75, 3.05) is 20.1 Å². The van der Waals surface area contributed by atoms with E-state index >= 15 is 0 Å². The van der Waals surface area contributed by atoms with Crippen molar-refractivity contribution in [2.24, 2.45) is 0 Å². The van der Waals surface area contributed by atoms with Crippen LogP contribution in [0.3, 0.4) is 0 Å². The monoisotopic (exact) mass is 255 g/mol. The van der Waals surface area contributed by atoms with Gasteiger partial charge in [-0.1, -0.05) is 22.6 Å². The van der Waals surface area contributed by atoms with Gasteiger partial charge in [-0.2, -0.15) is 0 Å². The average molecular weight is 255 g/mol. The molecule has 0 bridgehead atoms. The Morgan fingerprint density at radius 2 is 2.40 bits per heavy atom. The Hall–Kier alpha value is 0.160. The first kappa shape index (κ1) is 8.26. The number of carbonyl (C=O) groups is 1. The highest BCUT2D eigenvalue weighted by molar-refractivity contribution is 14.1. The standard InChI is InChI=1S/C6H10INO2/c1-8-3-2-6(7,4-8)5(9)10/h2-4H2,1H3,(H,9,10)/t6-/m0/s1. The normalized spacial score (nSPS) is 34.6. The van der Waals surface area contributed by atoms with Crippen LogP contribution in [0.2, 0.25) is 0 Å². The SMILES string of the molecule is CN1CC[C@@](I)(C(=O)O)C1. The maximum absolute atomic E-state index is 10.6. The van der Waals surface area contributed by atoms with E-state index in [1.165, 1.54) is 0 Å². The second-order valence-corrected chi connectivity index (χ2v) is 4.82. The van der Waals surface area contributed by atoms with Crippen LogP contribution in [0.15, 0.2) is 0 Å². The lowest BCUT2D eigenvalue weighted by atomic mass is 10.1. The topological polar surface area (TPSA) is 40.5 Å². The summed E-state index contributed by atoms with van der Waals surface area (Å²) in [5.74, 6) is -0.683.